The maximum Gasteiger partial charge on any atom is 0.145 e. The van der Waals surface area contributed by atoms with E-state index in [9.17, 15) is 0 Å². The minimum Gasteiger partial charge on any atom is -0.370 e. The normalized spacial score (nSPS) is 20.2. The molecular formula is C13H17N3S2. The first kappa shape index (κ1) is 12.2. The van der Waals surface area contributed by atoms with Gasteiger partial charge in [-0.1, -0.05) is 6.42 Å². The number of nitrogens with one attached hydrogen (secondary N) is 1. The SMILES string of the molecule is CCNc1nc(C2CCCCS2)nc2sccc12. The monoisotopic (exact) mass is 279 g/mol. The van der Waals surface area contributed by atoms with Crippen molar-refractivity contribution in [1.29, 1.82) is 0 Å². The summed E-state index contributed by atoms with van der Waals surface area (Å²) in [6, 6.07) is 2.11. The topological polar surface area (TPSA) is 37.8 Å². The van der Waals surface area contributed by atoms with E-state index in [0.29, 0.717) is 5.25 Å². The number of hydrogen-bond donors (Lipinski definition) is 1. The van der Waals surface area contributed by atoms with Crippen LogP contribution in [0.3, 0.4) is 0 Å². The summed E-state index contributed by atoms with van der Waals surface area (Å²) in [5.41, 5.74) is 0. The molecule has 1 N–H and O–H groups in total. The van der Waals surface area contributed by atoms with Crippen LogP contribution in [0.2, 0.25) is 0 Å². The summed E-state index contributed by atoms with van der Waals surface area (Å²) >= 11 is 3.71. The van der Waals surface area contributed by atoms with Crippen molar-refractivity contribution in [3.05, 3.63) is 17.3 Å². The van der Waals surface area contributed by atoms with E-state index in [4.69, 9.17) is 9.97 Å². The molecule has 1 aliphatic rings. The molecule has 0 bridgehead atoms. The van der Waals surface area contributed by atoms with Crippen molar-refractivity contribution in [1.82, 2.24) is 9.97 Å². The van der Waals surface area contributed by atoms with Crippen molar-refractivity contribution in [2.75, 3.05) is 17.6 Å². The van der Waals surface area contributed by atoms with Gasteiger partial charge in [0.2, 0.25) is 0 Å². The van der Waals surface area contributed by atoms with E-state index >= 15 is 0 Å². The lowest BCUT2D eigenvalue weighted by atomic mass is 10.2. The zero-order valence-electron chi connectivity index (χ0n) is 10.5. The van der Waals surface area contributed by atoms with E-state index in [0.717, 1.165) is 28.4 Å². The highest BCUT2D eigenvalue weighted by Gasteiger charge is 2.20. The third-order valence-corrected chi connectivity index (χ3v) is 5.33. The lowest BCUT2D eigenvalue weighted by Gasteiger charge is -2.20. The van der Waals surface area contributed by atoms with Gasteiger partial charge in [0.05, 0.1) is 10.6 Å². The van der Waals surface area contributed by atoms with Gasteiger partial charge in [-0.15, -0.1) is 11.3 Å². The third-order valence-electron chi connectivity index (χ3n) is 3.15. The van der Waals surface area contributed by atoms with Crippen LogP contribution in [0.15, 0.2) is 11.4 Å². The fourth-order valence-corrected chi connectivity index (χ4v) is 4.28. The van der Waals surface area contributed by atoms with Gasteiger partial charge in [0.1, 0.15) is 16.5 Å². The van der Waals surface area contributed by atoms with Gasteiger partial charge in [-0.3, -0.25) is 0 Å². The minimum absolute atomic E-state index is 0.489. The second-order valence-electron chi connectivity index (χ2n) is 4.46. The van der Waals surface area contributed by atoms with Gasteiger partial charge in [0.25, 0.3) is 0 Å². The Hall–Kier alpha value is -0.810. The van der Waals surface area contributed by atoms with Crippen LogP contribution in [0.4, 0.5) is 5.82 Å². The van der Waals surface area contributed by atoms with Crippen molar-refractivity contribution in [3.63, 3.8) is 0 Å². The lowest BCUT2D eigenvalue weighted by Crippen LogP contribution is -2.09. The molecule has 0 amide bonds. The minimum atomic E-state index is 0.489. The van der Waals surface area contributed by atoms with Crippen LogP contribution in [0, 0.1) is 0 Å². The smallest absolute Gasteiger partial charge is 0.145 e. The Morgan fingerprint density at radius 1 is 1.39 bits per heavy atom. The molecule has 1 fully saturated rings. The van der Waals surface area contributed by atoms with E-state index in [1.807, 2.05) is 11.8 Å². The molecule has 18 heavy (non-hydrogen) atoms. The number of rotatable bonds is 3. The Balaban J connectivity index is 2.00. The molecule has 0 saturated carbocycles. The quantitative estimate of drug-likeness (QED) is 0.918. The molecule has 0 radical (unpaired) electrons. The van der Waals surface area contributed by atoms with Gasteiger partial charge < -0.3 is 5.32 Å². The van der Waals surface area contributed by atoms with E-state index in [2.05, 4.69) is 23.7 Å². The van der Waals surface area contributed by atoms with E-state index in [1.54, 1.807) is 11.3 Å². The number of aromatic nitrogens is 2. The molecule has 2 aromatic heterocycles. The Kier molecular flexibility index (Phi) is 3.70. The first-order valence-electron chi connectivity index (χ1n) is 6.49. The van der Waals surface area contributed by atoms with Gasteiger partial charge in [-0.05, 0) is 37.0 Å². The number of anilines is 1. The van der Waals surface area contributed by atoms with Crippen LogP contribution in [0.5, 0.6) is 0 Å². The average Bonchev–Trinajstić information content (AvgIpc) is 2.88. The van der Waals surface area contributed by atoms with Gasteiger partial charge >= 0.3 is 0 Å². The van der Waals surface area contributed by atoms with Gasteiger partial charge in [0.15, 0.2) is 0 Å². The molecule has 0 spiro atoms. The van der Waals surface area contributed by atoms with Crippen LogP contribution in [-0.2, 0) is 0 Å². The van der Waals surface area contributed by atoms with Gasteiger partial charge in [-0.2, -0.15) is 11.8 Å². The van der Waals surface area contributed by atoms with Crippen LogP contribution < -0.4 is 5.32 Å². The molecule has 0 aliphatic carbocycles. The van der Waals surface area contributed by atoms with Crippen molar-refractivity contribution < 1.29 is 0 Å². The van der Waals surface area contributed by atoms with Crippen LogP contribution >= 0.6 is 23.1 Å². The largest absolute Gasteiger partial charge is 0.370 e. The highest BCUT2D eigenvalue weighted by Crippen LogP contribution is 2.38. The standard InChI is InChI=1S/C13H17N3S2/c1-2-14-11-9-6-8-18-13(9)16-12(15-11)10-5-3-4-7-17-10/h6,8,10H,2-5,7H2,1H3,(H,14,15,16). The highest BCUT2D eigenvalue weighted by atomic mass is 32.2. The predicted octanol–water partition coefficient (Wildman–Crippen LogP) is 4.08. The lowest BCUT2D eigenvalue weighted by molar-refractivity contribution is 0.665. The van der Waals surface area contributed by atoms with Crippen molar-refractivity contribution in [3.8, 4) is 0 Å². The van der Waals surface area contributed by atoms with Gasteiger partial charge in [0, 0.05) is 6.54 Å². The van der Waals surface area contributed by atoms with Crippen LogP contribution in [0.25, 0.3) is 10.2 Å². The highest BCUT2D eigenvalue weighted by molar-refractivity contribution is 7.99. The predicted molar refractivity (Wildman–Crippen MR) is 80.6 cm³/mol. The van der Waals surface area contributed by atoms with Crippen LogP contribution in [-0.4, -0.2) is 22.3 Å². The fourth-order valence-electron chi connectivity index (χ4n) is 2.26. The first-order chi connectivity index (χ1) is 8.88. The van der Waals surface area contributed by atoms with E-state index < -0.39 is 0 Å². The molecule has 1 unspecified atom stereocenters. The number of hydrogen-bond acceptors (Lipinski definition) is 5. The molecule has 3 rings (SSSR count). The summed E-state index contributed by atoms with van der Waals surface area (Å²) in [6.07, 6.45) is 3.86. The molecular weight excluding hydrogens is 262 g/mol. The van der Waals surface area contributed by atoms with Crippen molar-refractivity contribution >= 4 is 39.1 Å². The number of fused-ring (bicyclic) bond motifs is 1. The first-order valence-corrected chi connectivity index (χ1v) is 8.42. The number of thioether (sulfide) groups is 1. The Labute approximate surface area is 115 Å². The maximum atomic E-state index is 4.75. The molecule has 5 heteroatoms. The molecule has 1 aliphatic heterocycles. The fraction of sp³-hybridized carbons (Fsp3) is 0.538. The molecule has 1 saturated heterocycles. The zero-order valence-corrected chi connectivity index (χ0v) is 12.1. The van der Waals surface area contributed by atoms with E-state index in [-0.39, 0.29) is 0 Å². The molecule has 2 aromatic rings. The van der Waals surface area contributed by atoms with Crippen molar-refractivity contribution in [2.45, 2.75) is 31.4 Å². The molecule has 96 valence electrons. The Bertz CT molecular complexity index is 532. The summed E-state index contributed by atoms with van der Waals surface area (Å²) < 4.78 is 0. The van der Waals surface area contributed by atoms with Gasteiger partial charge in [-0.25, -0.2) is 9.97 Å². The average molecular weight is 279 g/mol. The third kappa shape index (κ3) is 2.34. The number of nitrogens with zero attached hydrogens (tertiary/aromatic N) is 2. The summed E-state index contributed by atoms with van der Waals surface area (Å²) in [7, 11) is 0. The van der Waals surface area contributed by atoms with Crippen molar-refractivity contribution in [2.24, 2.45) is 0 Å². The molecule has 0 aromatic carbocycles. The molecule has 3 nitrogen and oxygen atoms in total. The summed E-state index contributed by atoms with van der Waals surface area (Å²) in [5, 5.41) is 7.10. The maximum absolute atomic E-state index is 4.75. The number of thiophene rings is 1. The summed E-state index contributed by atoms with van der Waals surface area (Å²) in [6.45, 7) is 3.01. The van der Waals surface area contributed by atoms with E-state index in [1.165, 1.54) is 25.0 Å². The second-order valence-corrected chi connectivity index (χ2v) is 6.66. The molecule has 3 heterocycles. The Morgan fingerprint density at radius 2 is 2.33 bits per heavy atom. The summed E-state index contributed by atoms with van der Waals surface area (Å²) in [4.78, 5) is 10.6. The Morgan fingerprint density at radius 3 is 3.11 bits per heavy atom. The second kappa shape index (κ2) is 5.45. The summed E-state index contributed by atoms with van der Waals surface area (Å²) in [5.74, 6) is 3.27. The zero-order chi connectivity index (χ0) is 12.4. The molecule has 1 atom stereocenters. The van der Waals surface area contributed by atoms with Crippen LogP contribution in [0.1, 0.15) is 37.3 Å².